The fourth-order valence-corrected chi connectivity index (χ4v) is 1.13. The lowest BCUT2D eigenvalue weighted by molar-refractivity contribution is 0.493. The normalized spacial score (nSPS) is 11.5. The second-order valence-electron chi connectivity index (χ2n) is 3.52. The Morgan fingerprint density at radius 2 is 1.83 bits per heavy atom. The topological polar surface area (TPSA) is 56.7 Å². The van der Waals surface area contributed by atoms with Gasteiger partial charge in [0.15, 0.2) is 0 Å². The largest absolute Gasteiger partial charge is 0.366 e. The molecule has 0 saturated carbocycles. The third-order valence-electron chi connectivity index (χ3n) is 1.68. The monoisotopic (exact) mass is 168 g/mol. The molecule has 0 amide bonds. The summed E-state index contributed by atoms with van der Waals surface area (Å²) in [5.74, 6) is 1.70. The zero-order chi connectivity index (χ0) is 9.30. The van der Waals surface area contributed by atoms with E-state index < -0.39 is 0 Å². The highest BCUT2D eigenvalue weighted by atomic mass is 15.4. The molecule has 1 aromatic heterocycles. The number of nitrogen functional groups attached to an aromatic ring is 1. The van der Waals surface area contributed by atoms with E-state index in [2.05, 4.69) is 37.8 Å². The maximum absolute atomic E-state index is 5.51. The SMILES string of the molecule is CC(C)c1nc(N)nn1C(C)C. The van der Waals surface area contributed by atoms with Crippen molar-refractivity contribution in [3.05, 3.63) is 5.82 Å². The number of anilines is 1. The molecule has 0 aliphatic rings. The Hall–Kier alpha value is -1.06. The summed E-state index contributed by atoms with van der Waals surface area (Å²) >= 11 is 0. The van der Waals surface area contributed by atoms with Crippen LogP contribution in [-0.4, -0.2) is 14.8 Å². The molecule has 68 valence electrons. The molecule has 1 heterocycles. The minimum Gasteiger partial charge on any atom is -0.366 e. The second-order valence-corrected chi connectivity index (χ2v) is 3.52. The van der Waals surface area contributed by atoms with Crippen molar-refractivity contribution in [3.63, 3.8) is 0 Å². The Kier molecular flexibility index (Phi) is 2.35. The number of rotatable bonds is 2. The number of hydrogen-bond donors (Lipinski definition) is 1. The maximum atomic E-state index is 5.51. The molecule has 0 bridgehead atoms. The van der Waals surface area contributed by atoms with Crippen LogP contribution in [0.25, 0.3) is 0 Å². The molecule has 0 radical (unpaired) electrons. The Labute approximate surface area is 72.8 Å². The highest BCUT2D eigenvalue weighted by Gasteiger charge is 2.12. The molecule has 0 aliphatic carbocycles. The van der Waals surface area contributed by atoms with Gasteiger partial charge in [-0.05, 0) is 13.8 Å². The first kappa shape index (κ1) is 9.03. The third kappa shape index (κ3) is 1.57. The van der Waals surface area contributed by atoms with E-state index in [0.717, 1.165) is 5.82 Å². The smallest absolute Gasteiger partial charge is 0.239 e. The first-order chi connectivity index (χ1) is 5.52. The quantitative estimate of drug-likeness (QED) is 0.729. The lowest BCUT2D eigenvalue weighted by Crippen LogP contribution is -2.09. The van der Waals surface area contributed by atoms with Crippen molar-refractivity contribution >= 4 is 5.95 Å². The van der Waals surface area contributed by atoms with Gasteiger partial charge in [-0.3, -0.25) is 0 Å². The lowest BCUT2D eigenvalue weighted by Gasteiger charge is -2.10. The predicted molar refractivity (Wildman–Crippen MR) is 48.9 cm³/mol. The van der Waals surface area contributed by atoms with Gasteiger partial charge in [-0.25, -0.2) is 4.68 Å². The molecule has 4 heteroatoms. The summed E-state index contributed by atoms with van der Waals surface area (Å²) in [4.78, 5) is 4.16. The van der Waals surface area contributed by atoms with Crippen molar-refractivity contribution in [2.24, 2.45) is 0 Å². The summed E-state index contributed by atoms with van der Waals surface area (Å²) in [6.07, 6.45) is 0. The first-order valence-corrected chi connectivity index (χ1v) is 4.24. The van der Waals surface area contributed by atoms with Gasteiger partial charge in [0.25, 0.3) is 0 Å². The fraction of sp³-hybridized carbons (Fsp3) is 0.750. The number of nitrogens with zero attached hydrogens (tertiary/aromatic N) is 3. The average Bonchev–Trinajstić information content (AvgIpc) is 2.31. The lowest BCUT2D eigenvalue weighted by atomic mass is 10.2. The van der Waals surface area contributed by atoms with E-state index in [4.69, 9.17) is 5.73 Å². The molecule has 0 aliphatic heterocycles. The maximum Gasteiger partial charge on any atom is 0.239 e. The molecule has 4 nitrogen and oxygen atoms in total. The van der Waals surface area contributed by atoms with Crippen LogP contribution < -0.4 is 5.73 Å². The predicted octanol–water partition coefficient (Wildman–Crippen LogP) is 1.56. The molecule has 0 aromatic carbocycles. The minimum absolute atomic E-state index is 0.326. The van der Waals surface area contributed by atoms with E-state index in [1.807, 2.05) is 4.68 Å². The fourth-order valence-electron chi connectivity index (χ4n) is 1.13. The molecule has 1 aromatic rings. The van der Waals surface area contributed by atoms with Crippen molar-refractivity contribution in [2.45, 2.75) is 39.7 Å². The number of nitrogens with two attached hydrogens (primary N) is 1. The molecule has 12 heavy (non-hydrogen) atoms. The van der Waals surface area contributed by atoms with Gasteiger partial charge < -0.3 is 5.73 Å². The summed E-state index contributed by atoms with van der Waals surface area (Å²) in [6, 6.07) is 0.326. The highest BCUT2D eigenvalue weighted by molar-refractivity contribution is 5.15. The van der Waals surface area contributed by atoms with Gasteiger partial charge in [-0.2, -0.15) is 4.98 Å². The summed E-state index contributed by atoms with van der Waals surface area (Å²) in [7, 11) is 0. The van der Waals surface area contributed by atoms with Gasteiger partial charge in [-0.15, -0.1) is 5.10 Å². The van der Waals surface area contributed by atoms with E-state index in [-0.39, 0.29) is 0 Å². The van der Waals surface area contributed by atoms with Gasteiger partial charge in [-0.1, -0.05) is 13.8 Å². The first-order valence-electron chi connectivity index (χ1n) is 4.24. The van der Waals surface area contributed by atoms with Crippen molar-refractivity contribution < 1.29 is 0 Å². The number of aromatic nitrogens is 3. The van der Waals surface area contributed by atoms with Gasteiger partial charge in [0.05, 0.1) is 0 Å². The zero-order valence-electron chi connectivity index (χ0n) is 8.07. The molecule has 0 spiro atoms. The summed E-state index contributed by atoms with van der Waals surface area (Å²) < 4.78 is 1.88. The molecular weight excluding hydrogens is 152 g/mol. The highest BCUT2D eigenvalue weighted by Crippen LogP contribution is 2.16. The average molecular weight is 168 g/mol. The molecule has 0 unspecified atom stereocenters. The second kappa shape index (κ2) is 3.13. The van der Waals surface area contributed by atoms with Gasteiger partial charge >= 0.3 is 0 Å². The summed E-state index contributed by atoms with van der Waals surface area (Å²) in [6.45, 7) is 8.31. The molecule has 1 rings (SSSR count). The van der Waals surface area contributed by atoms with Crippen molar-refractivity contribution in [2.75, 3.05) is 5.73 Å². The van der Waals surface area contributed by atoms with Gasteiger partial charge in [0.2, 0.25) is 5.95 Å². The van der Waals surface area contributed by atoms with Crippen LogP contribution >= 0.6 is 0 Å². The van der Waals surface area contributed by atoms with Gasteiger partial charge in [0, 0.05) is 12.0 Å². The van der Waals surface area contributed by atoms with Crippen molar-refractivity contribution in [3.8, 4) is 0 Å². The van der Waals surface area contributed by atoms with E-state index in [1.165, 1.54) is 0 Å². The summed E-state index contributed by atoms with van der Waals surface area (Å²) in [5, 5.41) is 4.11. The van der Waals surface area contributed by atoms with E-state index in [1.54, 1.807) is 0 Å². The van der Waals surface area contributed by atoms with Crippen LogP contribution in [0.1, 0.15) is 45.5 Å². The van der Waals surface area contributed by atoms with Crippen LogP contribution in [0.5, 0.6) is 0 Å². The van der Waals surface area contributed by atoms with Crippen LogP contribution in [0.3, 0.4) is 0 Å². The van der Waals surface area contributed by atoms with E-state index >= 15 is 0 Å². The van der Waals surface area contributed by atoms with Crippen LogP contribution in [0.15, 0.2) is 0 Å². The van der Waals surface area contributed by atoms with Crippen molar-refractivity contribution in [1.82, 2.24) is 14.8 Å². The minimum atomic E-state index is 0.326. The van der Waals surface area contributed by atoms with Crippen LogP contribution in [0.2, 0.25) is 0 Å². The van der Waals surface area contributed by atoms with E-state index in [9.17, 15) is 0 Å². The van der Waals surface area contributed by atoms with Crippen LogP contribution in [-0.2, 0) is 0 Å². The Morgan fingerprint density at radius 1 is 1.25 bits per heavy atom. The number of hydrogen-bond acceptors (Lipinski definition) is 3. The molecule has 0 saturated heterocycles. The third-order valence-corrected chi connectivity index (χ3v) is 1.68. The molecular formula is C8H16N4. The zero-order valence-corrected chi connectivity index (χ0v) is 8.07. The van der Waals surface area contributed by atoms with Gasteiger partial charge in [0.1, 0.15) is 5.82 Å². The van der Waals surface area contributed by atoms with E-state index in [0.29, 0.717) is 17.9 Å². The standard InChI is InChI=1S/C8H16N4/c1-5(2)7-10-8(9)11-12(7)6(3)4/h5-6H,1-4H3,(H2,9,11). The molecule has 0 atom stereocenters. The molecule has 0 fully saturated rings. The molecule has 2 N–H and O–H groups in total. The van der Waals surface area contributed by atoms with Crippen LogP contribution in [0, 0.1) is 0 Å². The summed E-state index contributed by atoms with van der Waals surface area (Å²) in [5.41, 5.74) is 5.51. The Bertz CT molecular complexity index is 237. The Morgan fingerprint density at radius 3 is 2.17 bits per heavy atom. The Balaban J connectivity index is 3.08. The van der Waals surface area contributed by atoms with Crippen LogP contribution in [0.4, 0.5) is 5.95 Å². The van der Waals surface area contributed by atoms with Crippen molar-refractivity contribution in [1.29, 1.82) is 0 Å².